The van der Waals surface area contributed by atoms with Crippen LogP contribution in [-0.4, -0.2) is 191 Å². The monoisotopic (exact) mass is 674 g/mol. The quantitative estimate of drug-likeness (QED) is 0.0676. The lowest BCUT2D eigenvalue weighted by Crippen LogP contribution is -2.68. The van der Waals surface area contributed by atoms with E-state index in [4.69, 9.17) is 18.9 Å². The Labute approximate surface area is 260 Å². The van der Waals surface area contributed by atoms with Crippen molar-refractivity contribution in [2.75, 3.05) is 19.8 Å². The maximum absolute atomic E-state index is 12.4. The Hall–Kier alpha value is -2.48. The number of hydrogen-bond donors (Lipinski definition) is 13. The number of hydrogen-bond acceptors (Lipinski definition) is 18. The number of carbonyl (C=O) groups excluding carboxylic acids is 3. The van der Waals surface area contributed by atoms with Crippen LogP contribution in [0.2, 0.25) is 0 Å². The molecule has 2 rings (SSSR count). The summed E-state index contributed by atoms with van der Waals surface area (Å²) in [6, 6.07) is -3.21. The van der Waals surface area contributed by atoms with Gasteiger partial charge in [0, 0.05) is 20.3 Å². The summed E-state index contributed by atoms with van der Waals surface area (Å²) in [6.45, 7) is -1.09. The van der Waals surface area contributed by atoms with Crippen molar-refractivity contribution in [3.8, 4) is 0 Å². The maximum Gasteiger partial charge on any atom is 0.364 e. The Morgan fingerprint density at radius 1 is 0.957 bits per heavy atom. The van der Waals surface area contributed by atoms with Gasteiger partial charge in [-0.15, -0.1) is 0 Å². The van der Waals surface area contributed by atoms with E-state index in [1.807, 2.05) is 0 Å². The van der Waals surface area contributed by atoms with E-state index < -0.39 is 135 Å². The van der Waals surface area contributed by atoms with Gasteiger partial charge in [-0.1, -0.05) is 0 Å². The summed E-state index contributed by atoms with van der Waals surface area (Å²) in [4.78, 5) is 47.0. The number of carboxylic acids is 1. The standard InChI is InChI=1S/C25H42N2O19/c1-8(31)26-10(4-28)16(36)21(13(35)6-30)45-23-20(40)19(39)18(38)14(44-23)7-43-25(24(41)42)3-11(33)15(27-9(2)32)22(46-25)17(37)12(34)5-29/h4,10-23,29-30,33-40H,3,5-7H2,1-2H3,(H,26,31)(H,27,32)(H,41,42). The van der Waals surface area contributed by atoms with Crippen LogP contribution >= 0.6 is 0 Å². The predicted octanol–water partition coefficient (Wildman–Crippen LogP) is -8.24. The molecule has 2 amide bonds. The molecule has 0 aromatic rings. The molecule has 2 heterocycles. The molecule has 2 fully saturated rings. The minimum atomic E-state index is -2.88. The summed E-state index contributed by atoms with van der Waals surface area (Å²) < 4.78 is 21.6. The van der Waals surface area contributed by atoms with Crippen molar-refractivity contribution in [3.05, 3.63) is 0 Å². The normalized spacial score (nSPS) is 35.6. The predicted molar refractivity (Wildman–Crippen MR) is 143 cm³/mol. The molecule has 21 nitrogen and oxygen atoms in total. The summed E-state index contributed by atoms with van der Waals surface area (Å²) in [5, 5.41) is 117. The first kappa shape index (κ1) is 39.7. The van der Waals surface area contributed by atoms with Crippen LogP contribution in [0.3, 0.4) is 0 Å². The lowest BCUT2D eigenvalue weighted by molar-refractivity contribution is -0.348. The highest BCUT2D eigenvalue weighted by molar-refractivity contribution is 5.77. The summed E-state index contributed by atoms with van der Waals surface area (Å²) >= 11 is 0. The number of amides is 2. The molecule has 0 radical (unpaired) electrons. The van der Waals surface area contributed by atoms with Gasteiger partial charge in [0.25, 0.3) is 5.79 Å². The molecular weight excluding hydrogens is 632 g/mol. The van der Waals surface area contributed by atoms with E-state index in [9.17, 15) is 75.3 Å². The summed E-state index contributed by atoms with van der Waals surface area (Å²) in [5.74, 6) is -6.30. The number of aliphatic hydroxyl groups is 10. The van der Waals surface area contributed by atoms with Crippen LogP contribution in [-0.2, 0) is 38.1 Å². The van der Waals surface area contributed by atoms with E-state index >= 15 is 0 Å². The van der Waals surface area contributed by atoms with Gasteiger partial charge in [-0.05, 0) is 0 Å². The Balaban J connectivity index is 2.35. The van der Waals surface area contributed by atoms with Crippen molar-refractivity contribution >= 4 is 24.1 Å². The minimum Gasteiger partial charge on any atom is -0.477 e. The molecule has 266 valence electrons. The number of carbonyl (C=O) groups is 4. The summed E-state index contributed by atoms with van der Waals surface area (Å²) in [6.07, 6.45) is -24.7. The van der Waals surface area contributed by atoms with Crippen LogP contribution in [0.1, 0.15) is 20.3 Å². The van der Waals surface area contributed by atoms with Crippen LogP contribution in [0.15, 0.2) is 0 Å². The topological polar surface area (TPSA) is 352 Å². The van der Waals surface area contributed by atoms with E-state index in [1.54, 1.807) is 0 Å². The number of aliphatic hydroxyl groups excluding tert-OH is 10. The molecule has 2 aliphatic rings. The number of aldehydes is 1. The van der Waals surface area contributed by atoms with Crippen LogP contribution in [0.4, 0.5) is 0 Å². The molecule has 0 spiro atoms. The second kappa shape index (κ2) is 17.1. The highest BCUT2D eigenvalue weighted by Gasteiger charge is 2.57. The van der Waals surface area contributed by atoms with Crippen LogP contribution in [0.25, 0.3) is 0 Å². The highest BCUT2D eigenvalue weighted by Crippen LogP contribution is 2.35. The Bertz CT molecular complexity index is 1040. The molecule has 13 N–H and O–H groups in total. The number of ether oxygens (including phenoxy) is 4. The van der Waals surface area contributed by atoms with E-state index in [0.29, 0.717) is 0 Å². The van der Waals surface area contributed by atoms with Crippen LogP contribution in [0.5, 0.6) is 0 Å². The molecule has 0 aromatic heterocycles. The zero-order valence-corrected chi connectivity index (χ0v) is 24.7. The largest absolute Gasteiger partial charge is 0.477 e. The van der Waals surface area contributed by atoms with Gasteiger partial charge in [-0.25, -0.2) is 4.79 Å². The minimum absolute atomic E-state index is 0.0874. The van der Waals surface area contributed by atoms with Gasteiger partial charge in [0.2, 0.25) is 11.8 Å². The second-order valence-corrected chi connectivity index (χ2v) is 10.9. The summed E-state index contributed by atoms with van der Waals surface area (Å²) in [5.41, 5.74) is 0. The van der Waals surface area contributed by atoms with E-state index in [1.165, 1.54) is 0 Å². The molecule has 21 heteroatoms. The first-order chi connectivity index (χ1) is 21.4. The van der Waals surface area contributed by atoms with E-state index in [-0.39, 0.29) is 6.29 Å². The molecule has 46 heavy (non-hydrogen) atoms. The first-order valence-corrected chi connectivity index (χ1v) is 14.0. The van der Waals surface area contributed by atoms with Crippen molar-refractivity contribution in [1.82, 2.24) is 10.6 Å². The maximum atomic E-state index is 12.4. The van der Waals surface area contributed by atoms with Gasteiger partial charge in [-0.2, -0.15) is 0 Å². The smallest absolute Gasteiger partial charge is 0.364 e. The first-order valence-electron chi connectivity index (χ1n) is 14.0. The molecule has 2 saturated heterocycles. The van der Waals surface area contributed by atoms with Crippen molar-refractivity contribution in [3.63, 3.8) is 0 Å². The third kappa shape index (κ3) is 9.32. The van der Waals surface area contributed by atoms with Crippen LogP contribution in [0, 0.1) is 0 Å². The van der Waals surface area contributed by atoms with Gasteiger partial charge in [0.15, 0.2) is 6.29 Å². The third-order valence-corrected chi connectivity index (χ3v) is 7.41. The van der Waals surface area contributed by atoms with Gasteiger partial charge in [0.05, 0.1) is 32.0 Å². The molecule has 0 saturated carbocycles. The number of carboxylic acid groups (broad SMARTS) is 1. The molecule has 0 bridgehead atoms. The van der Waals surface area contributed by atoms with Gasteiger partial charge in [0.1, 0.15) is 73.4 Å². The Kier molecular flexibility index (Phi) is 14.7. The number of aliphatic carboxylic acids is 1. The molecule has 2 aliphatic heterocycles. The Morgan fingerprint density at radius 3 is 2.07 bits per heavy atom. The lowest BCUT2D eigenvalue weighted by Gasteiger charge is -2.47. The number of nitrogens with one attached hydrogen (secondary N) is 2. The van der Waals surface area contributed by atoms with Gasteiger partial charge in [-0.3, -0.25) is 9.59 Å². The molecule has 0 aromatic carbocycles. The average molecular weight is 675 g/mol. The third-order valence-electron chi connectivity index (χ3n) is 7.41. The van der Waals surface area contributed by atoms with E-state index in [2.05, 4.69) is 10.6 Å². The van der Waals surface area contributed by atoms with E-state index in [0.717, 1.165) is 13.8 Å². The molecule has 15 unspecified atom stereocenters. The molecular formula is C25H42N2O19. The molecule has 15 atom stereocenters. The van der Waals surface area contributed by atoms with Crippen molar-refractivity contribution < 1.29 is 94.3 Å². The summed E-state index contributed by atoms with van der Waals surface area (Å²) in [7, 11) is 0. The average Bonchev–Trinajstić information content (AvgIpc) is 3.00. The zero-order chi connectivity index (χ0) is 35.1. The second-order valence-electron chi connectivity index (χ2n) is 10.9. The van der Waals surface area contributed by atoms with Crippen molar-refractivity contribution in [1.29, 1.82) is 0 Å². The fourth-order valence-electron chi connectivity index (χ4n) is 4.96. The Morgan fingerprint density at radius 2 is 1.57 bits per heavy atom. The molecule has 0 aliphatic carbocycles. The number of rotatable bonds is 16. The fraction of sp³-hybridized carbons (Fsp3) is 0.840. The van der Waals surface area contributed by atoms with Crippen molar-refractivity contribution in [2.45, 2.75) is 112 Å². The van der Waals surface area contributed by atoms with Crippen molar-refractivity contribution in [2.24, 2.45) is 0 Å². The van der Waals surface area contributed by atoms with Crippen LogP contribution < -0.4 is 10.6 Å². The van der Waals surface area contributed by atoms with Gasteiger partial charge < -0.3 is 90.5 Å². The highest BCUT2D eigenvalue weighted by atomic mass is 16.7. The lowest BCUT2D eigenvalue weighted by atomic mass is 9.88. The zero-order valence-electron chi connectivity index (χ0n) is 24.7. The fourth-order valence-corrected chi connectivity index (χ4v) is 4.96. The SMILES string of the molecule is CC(=O)NC(C=O)C(O)C(OC1OC(COC2(C(=O)O)CC(O)C(NC(C)=O)C(C(O)C(O)CO)O2)C(O)C(O)C1O)C(O)CO. The van der Waals surface area contributed by atoms with Gasteiger partial charge >= 0.3 is 5.97 Å².